The maximum absolute atomic E-state index is 12.1. The molecule has 4 amide bonds. The Balaban J connectivity index is 1.83. The van der Waals surface area contributed by atoms with Crippen LogP contribution < -0.4 is 14.4 Å². The van der Waals surface area contributed by atoms with E-state index in [9.17, 15) is 14.4 Å². The standard InChI is InChI=1S/C17H21N3O5/c1-18-15(21)16(22)20(17(18)23)10-19-8-4-5-13(19)12-7-6-11(24-2)9-14(12)25-3/h6-7,9,13H,4-5,8,10H2,1-3H3/p+1/t13-/m1/s1. The monoisotopic (exact) mass is 348 g/mol. The molecule has 25 heavy (non-hydrogen) atoms. The first-order chi connectivity index (χ1) is 12.0. The van der Waals surface area contributed by atoms with Crippen molar-refractivity contribution in [3.63, 3.8) is 0 Å². The Bertz CT molecular complexity index is 720. The highest BCUT2D eigenvalue weighted by atomic mass is 16.5. The lowest BCUT2D eigenvalue weighted by molar-refractivity contribution is -0.925. The molecule has 2 aliphatic rings. The number of likely N-dealkylation sites (N-methyl/N-ethyl adjacent to an activating group) is 1. The molecule has 2 heterocycles. The number of imide groups is 2. The minimum absolute atomic E-state index is 0.0856. The number of hydrogen-bond donors (Lipinski definition) is 1. The van der Waals surface area contributed by atoms with Gasteiger partial charge in [0.25, 0.3) is 0 Å². The van der Waals surface area contributed by atoms with Gasteiger partial charge in [0.15, 0.2) is 6.67 Å². The first kappa shape index (κ1) is 17.2. The Hall–Kier alpha value is -2.61. The minimum Gasteiger partial charge on any atom is -0.497 e. The molecule has 8 nitrogen and oxygen atoms in total. The molecule has 2 saturated heterocycles. The number of nitrogens with zero attached hydrogens (tertiary/aromatic N) is 2. The number of urea groups is 1. The molecule has 0 radical (unpaired) electrons. The fourth-order valence-corrected chi connectivity index (χ4v) is 3.54. The Labute approximate surface area is 145 Å². The van der Waals surface area contributed by atoms with Crippen LogP contribution in [0.5, 0.6) is 11.5 Å². The van der Waals surface area contributed by atoms with Gasteiger partial charge < -0.3 is 14.4 Å². The van der Waals surface area contributed by atoms with Crippen LogP contribution in [0.1, 0.15) is 24.4 Å². The van der Waals surface area contributed by atoms with Gasteiger partial charge in [-0.25, -0.2) is 9.69 Å². The van der Waals surface area contributed by atoms with E-state index in [-0.39, 0.29) is 12.7 Å². The fraction of sp³-hybridized carbons (Fsp3) is 0.471. The average Bonchev–Trinajstić information content (AvgIpc) is 3.16. The smallest absolute Gasteiger partial charge is 0.338 e. The molecule has 0 bridgehead atoms. The van der Waals surface area contributed by atoms with E-state index >= 15 is 0 Å². The number of likely N-dealkylation sites (tertiary alicyclic amines) is 1. The van der Waals surface area contributed by atoms with Crippen LogP contribution in [-0.2, 0) is 9.59 Å². The molecule has 1 aromatic carbocycles. The SMILES string of the molecule is COc1ccc([C@H]2CCC[NH+]2CN2C(=O)C(=O)N(C)C2=O)c(OC)c1. The normalized spacial score (nSPS) is 23.6. The predicted octanol–water partition coefficient (Wildman–Crippen LogP) is -0.198. The van der Waals surface area contributed by atoms with Crippen LogP contribution in [0.4, 0.5) is 4.79 Å². The van der Waals surface area contributed by atoms with E-state index in [2.05, 4.69) is 0 Å². The molecule has 3 rings (SSSR count). The third kappa shape index (κ3) is 2.93. The van der Waals surface area contributed by atoms with Crippen LogP contribution in [0.15, 0.2) is 18.2 Å². The van der Waals surface area contributed by atoms with Crippen molar-refractivity contribution in [2.75, 3.05) is 34.5 Å². The third-order valence-corrected chi connectivity index (χ3v) is 4.91. The van der Waals surface area contributed by atoms with Crippen molar-refractivity contribution in [2.45, 2.75) is 18.9 Å². The maximum atomic E-state index is 12.1. The number of carbonyl (C=O) groups excluding carboxylic acids is 3. The number of amides is 4. The van der Waals surface area contributed by atoms with Crippen LogP contribution >= 0.6 is 0 Å². The Morgan fingerprint density at radius 1 is 1.16 bits per heavy atom. The van der Waals surface area contributed by atoms with Gasteiger partial charge in [-0.15, -0.1) is 0 Å². The summed E-state index contributed by atoms with van der Waals surface area (Å²) in [6.07, 6.45) is 1.88. The van der Waals surface area contributed by atoms with Crippen molar-refractivity contribution in [3.8, 4) is 11.5 Å². The average molecular weight is 348 g/mol. The highest BCUT2D eigenvalue weighted by molar-refractivity contribution is 6.44. The van der Waals surface area contributed by atoms with Crippen molar-refractivity contribution in [3.05, 3.63) is 23.8 Å². The number of ether oxygens (including phenoxy) is 2. The van der Waals surface area contributed by atoms with E-state index in [0.29, 0.717) is 5.75 Å². The van der Waals surface area contributed by atoms with Gasteiger partial charge in [-0.05, 0) is 12.1 Å². The summed E-state index contributed by atoms with van der Waals surface area (Å²) in [7, 11) is 4.53. The molecular weight excluding hydrogens is 326 g/mol. The number of quaternary nitrogens is 1. The molecule has 8 heteroatoms. The quantitative estimate of drug-likeness (QED) is 0.589. The summed E-state index contributed by atoms with van der Waals surface area (Å²) in [4.78, 5) is 38.8. The number of rotatable bonds is 5. The molecule has 0 aromatic heterocycles. The molecule has 0 spiro atoms. The summed E-state index contributed by atoms with van der Waals surface area (Å²) in [6.45, 7) is 0.989. The Morgan fingerprint density at radius 2 is 1.92 bits per heavy atom. The first-order valence-electron chi connectivity index (χ1n) is 8.18. The van der Waals surface area contributed by atoms with Gasteiger partial charge in [-0.2, -0.15) is 0 Å². The summed E-state index contributed by atoms with van der Waals surface area (Å²) in [5.41, 5.74) is 1.01. The zero-order valence-corrected chi connectivity index (χ0v) is 14.6. The Kier molecular flexibility index (Phi) is 4.63. The van der Waals surface area contributed by atoms with Crippen LogP contribution in [0.3, 0.4) is 0 Å². The van der Waals surface area contributed by atoms with Crippen molar-refractivity contribution >= 4 is 17.8 Å². The van der Waals surface area contributed by atoms with Crippen LogP contribution in [0, 0.1) is 0 Å². The second-order valence-electron chi connectivity index (χ2n) is 6.25. The van der Waals surface area contributed by atoms with Crippen molar-refractivity contribution in [1.29, 1.82) is 0 Å². The zero-order chi connectivity index (χ0) is 18.1. The number of benzene rings is 1. The topological polar surface area (TPSA) is 80.6 Å². The molecule has 1 aromatic rings. The molecule has 2 aliphatic heterocycles. The summed E-state index contributed by atoms with van der Waals surface area (Å²) >= 11 is 0. The van der Waals surface area contributed by atoms with Gasteiger partial charge in [0.05, 0.1) is 26.3 Å². The number of carbonyl (C=O) groups is 3. The van der Waals surface area contributed by atoms with E-state index in [1.807, 2.05) is 18.2 Å². The number of hydrogen-bond acceptors (Lipinski definition) is 5. The molecule has 0 saturated carbocycles. The van der Waals surface area contributed by atoms with Gasteiger partial charge in [-0.3, -0.25) is 14.5 Å². The highest BCUT2D eigenvalue weighted by Gasteiger charge is 2.46. The van der Waals surface area contributed by atoms with Gasteiger partial charge in [0.2, 0.25) is 0 Å². The van der Waals surface area contributed by atoms with E-state index < -0.39 is 17.8 Å². The lowest BCUT2D eigenvalue weighted by Crippen LogP contribution is -3.12. The first-order valence-corrected chi connectivity index (χ1v) is 8.18. The maximum Gasteiger partial charge on any atom is 0.338 e. The van der Waals surface area contributed by atoms with Gasteiger partial charge in [0.1, 0.15) is 17.5 Å². The molecule has 1 unspecified atom stereocenters. The number of nitrogens with one attached hydrogen (secondary N) is 1. The fourth-order valence-electron chi connectivity index (χ4n) is 3.54. The summed E-state index contributed by atoms with van der Waals surface area (Å²) in [6, 6.07) is 5.18. The van der Waals surface area contributed by atoms with Crippen molar-refractivity contribution in [2.24, 2.45) is 0 Å². The van der Waals surface area contributed by atoms with E-state index in [1.165, 1.54) is 7.05 Å². The second kappa shape index (κ2) is 6.72. The van der Waals surface area contributed by atoms with Gasteiger partial charge in [-0.1, -0.05) is 0 Å². The minimum atomic E-state index is -0.776. The molecule has 2 fully saturated rings. The summed E-state index contributed by atoms with van der Waals surface area (Å²) in [5.74, 6) is -0.109. The van der Waals surface area contributed by atoms with Crippen LogP contribution in [0.25, 0.3) is 0 Å². The molecule has 1 N–H and O–H groups in total. The predicted molar refractivity (Wildman–Crippen MR) is 87.2 cm³/mol. The van der Waals surface area contributed by atoms with Gasteiger partial charge >= 0.3 is 17.8 Å². The molecular formula is C17H22N3O5+. The number of methoxy groups -OCH3 is 2. The lowest BCUT2D eigenvalue weighted by atomic mass is 10.0. The van der Waals surface area contributed by atoms with Crippen LogP contribution in [-0.4, -0.2) is 62.1 Å². The lowest BCUT2D eigenvalue weighted by Gasteiger charge is -2.26. The highest BCUT2D eigenvalue weighted by Crippen LogP contribution is 2.31. The molecule has 134 valence electrons. The van der Waals surface area contributed by atoms with E-state index in [1.54, 1.807) is 14.2 Å². The van der Waals surface area contributed by atoms with E-state index in [4.69, 9.17) is 9.47 Å². The largest absolute Gasteiger partial charge is 0.497 e. The Morgan fingerprint density at radius 3 is 2.52 bits per heavy atom. The summed E-state index contributed by atoms with van der Waals surface area (Å²) < 4.78 is 10.7. The third-order valence-electron chi connectivity index (χ3n) is 4.91. The van der Waals surface area contributed by atoms with Gasteiger partial charge in [0, 0.05) is 26.0 Å². The summed E-state index contributed by atoms with van der Waals surface area (Å²) in [5, 5.41) is 0. The van der Waals surface area contributed by atoms with E-state index in [0.717, 1.165) is 45.4 Å². The molecule has 0 aliphatic carbocycles. The van der Waals surface area contributed by atoms with Crippen LogP contribution in [0.2, 0.25) is 0 Å². The second-order valence-corrected chi connectivity index (χ2v) is 6.25. The molecule has 2 atom stereocenters. The van der Waals surface area contributed by atoms with Crippen molar-refractivity contribution in [1.82, 2.24) is 9.80 Å². The van der Waals surface area contributed by atoms with Crippen molar-refractivity contribution < 1.29 is 28.8 Å². The zero-order valence-electron chi connectivity index (χ0n) is 14.6.